The van der Waals surface area contributed by atoms with E-state index in [1.807, 2.05) is 36.7 Å². The first-order valence-corrected chi connectivity index (χ1v) is 12.1. The second-order valence-corrected chi connectivity index (χ2v) is 9.81. The van der Waals surface area contributed by atoms with E-state index in [1.165, 1.54) is 4.90 Å². The molecule has 1 fully saturated rings. The van der Waals surface area contributed by atoms with Gasteiger partial charge in [-0.15, -0.1) is 11.3 Å². The standard InChI is InChI=1S/C23H21BrClN3O3S/c1-13-21(32-12-27-13)15-4-2-14(3-5-15)10-26-22(30)20-9-17(29)11-28(20)23(31)18-7-6-16(25)8-19(18)24/h2-8,12,17,20,29H,9-11H2,1H3,(H,26,30)/t17-,20+/m1/s1. The fourth-order valence-electron chi connectivity index (χ4n) is 3.76. The number of nitrogens with zero attached hydrogens (tertiary/aromatic N) is 2. The second-order valence-electron chi connectivity index (χ2n) is 7.67. The Balaban J connectivity index is 1.42. The Bertz CT molecular complexity index is 1150. The van der Waals surface area contributed by atoms with Gasteiger partial charge in [0, 0.05) is 29.0 Å². The molecule has 2 aromatic carbocycles. The van der Waals surface area contributed by atoms with Crippen molar-refractivity contribution in [2.45, 2.75) is 32.0 Å². The predicted molar refractivity (Wildman–Crippen MR) is 129 cm³/mol. The van der Waals surface area contributed by atoms with Gasteiger partial charge < -0.3 is 15.3 Å². The molecule has 6 nitrogen and oxygen atoms in total. The summed E-state index contributed by atoms with van der Waals surface area (Å²) in [6.45, 7) is 2.42. The lowest BCUT2D eigenvalue weighted by molar-refractivity contribution is -0.125. The number of aromatic nitrogens is 1. The van der Waals surface area contributed by atoms with Crippen LogP contribution in [0.25, 0.3) is 10.4 Å². The lowest BCUT2D eigenvalue weighted by atomic mass is 10.1. The third kappa shape index (κ3) is 4.88. The van der Waals surface area contributed by atoms with Gasteiger partial charge >= 0.3 is 0 Å². The van der Waals surface area contributed by atoms with Crippen LogP contribution in [0.1, 0.15) is 28.0 Å². The van der Waals surface area contributed by atoms with Crippen LogP contribution < -0.4 is 5.32 Å². The molecule has 0 unspecified atom stereocenters. The molecular formula is C23H21BrClN3O3S. The van der Waals surface area contributed by atoms with Gasteiger partial charge in [0.25, 0.3) is 5.91 Å². The number of aliphatic hydroxyl groups excluding tert-OH is 1. The third-order valence-corrected chi connectivity index (χ3v) is 7.30. The second kappa shape index (κ2) is 9.70. The van der Waals surface area contributed by atoms with Gasteiger partial charge in [-0.3, -0.25) is 9.59 Å². The Labute approximate surface area is 203 Å². The summed E-state index contributed by atoms with van der Waals surface area (Å²) in [6, 6.07) is 12.1. The van der Waals surface area contributed by atoms with Crippen molar-refractivity contribution in [2.24, 2.45) is 0 Å². The zero-order valence-corrected chi connectivity index (χ0v) is 20.4. The van der Waals surface area contributed by atoms with Gasteiger partial charge in [0.15, 0.2) is 0 Å². The summed E-state index contributed by atoms with van der Waals surface area (Å²) < 4.78 is 0.548. The molecule has 2 amide bonds. The zero-order valence-electron chi connectivity index (χ0n) is 17.2. The molecule has 1 aromatic heterocycles. The number of benzene rings is 2. The highest BCUT2D eigenvalue weighted by atomic mass is 79.9. The van der Waals surface area contributed by atoms with E-state index < -0.39 is 12.1 Å². The number of β-amino-alcohol motifs (C(OH)–C–C–N with tert-alkyl or cyclic N) is 1. The van der Waals surface area contributed by atoms with Crippen LogP contribution in [0, 0.1) is 6.92 Å². The quantitative estimate of drug-likeness (QED) is 0.507. The largest absolute Gasteiger partial charge is 0.391 e. The first kappa shape index (κ1) is 22.9. The number of thiazole rings is 1. The molecule has 0 spiro atoms. The van der Waals surface area contributed by atoms with Crippen LogP contribution >= 0.6 is 38.9 Å². The van der Waals surface area contributed by atoms with Gasteiger partial charge in [-0.05, 0) is 52.2 Å². The van der Waals surface area contributed by atoms with Gasteiger partial charge in [0.2, 0.25) is 5.91 Å². The maximum absolute atomic E-state index is 13.0. The number of aliphatic hydroxyl groups is 1. The van der Waals surface area contributed by atoms with Gasteiger partial charge in [-0.1, -0.05) is 35.9 Å². The van der Waals surface area contributed by atoms with Crippen molar-refractivity contribution in [3.8, 4) is 10.4 Å². The van der Waals surface area contributed by atoms with Crippen molar-refractivity contribution in [2.75, 3.05) is 6.54 Å². The summed E-state index contributed by atoms with van der Waals surface area (Å²) in [5.74, 6) is -0.614. The van der Waals surface area contributed by atoms with Crippen LogP contribution in [-0.4, -0.2) is 45.5 Å². The molecule has 9 heteroatoms. The number of likely N-dealkylation sites (tertiary alicyclic amines) is 1. The maximum Gasteiger partial charge on any atom is 0.255 e. The molecule has 2 atom stereocenters. The Morgan fingerprint density at radius 3 is 2.69 bits per heavy atom. The summed E-state index contributed by atoms with van der Waals surface area (Å²) in [5.41, 5.74) is 5.25. The van der Waals surface area contributed by atoms with Crippen LogP contribution in [0.4, 0.5) is 0 Å². The molecule has 4 rings (SSSR count). The number of hydrogen-bond acceptors (Lipinski definition) is 5. The van der Waals surface area contributed by atoms with E-state index in [2.05, 4.69) is 26.2 Å². The normalized spacial score (nSPS) is 18.1. The van der Waals surface area contributed by atoms with Crippen LogP contribution in [0.15, 0.2) is 52.4 Å². The van der Waals surface area contributed by atoms with Crippen molar-refractivity contribution >= 4 is 50.7 Å². The topological polar surface area (TPSA) is 82.5 Å². The molecule has 0 aliphatic carbocycles. The number of aryl methyl sites for hydroxylation is 1. The Kier molecular flexibility index (Phi) is 6.95. The third-order valence-electron chi connectivity index (χ3n) is 5.43. The van der Waals surface area contributed by atoms with Crippen LogP contribution in [-0.2, 0) is 11.3 Å². The summed E-state index contributed by atoms with van der Waals surface area (Å²) in [4.78, 5) is 32.8. The molecule has 0 saturated carbocycles. The van der Waals surface area contributed by atoms with Crippen molar-refractivity contribution in [3.05, 3.63) is 74.3 Å². The zero-order chi connectivity index (χ0) is 22.8. The molecule has 3 aromatic rings. The van der Waals surface area contributed by atoms with Gasteiger partial charge in [0.05, 0.1) is 27.7 Å². The monoisotopic (exact) mass is 533 g/mol. The van der Waals surface area contributed by atoms with Gasteiger partial charge in [-0.25, -0.2) is 4.98 Å². The molecular weight excluding hydrogens is 514 g/mol. The highest BCUT2D eigenvalue weighted by Crippen LogP contribution is 2.28. The molecule has 1 saturated heterocycles. The van der Waals surface area contributed by atoms with Crippen molar-refractivity contribution in [1.82, 2.24) is 15.2 Å². The average molecular weight is 535 g/mol. The maximum atomic E-state index is 13.0. The fourth-order valence-corrected chi connectivity index (χ4v) is 5.43. The first-order valence-electron chi connectivity index (χ1n) is 10.0. The van der Waals surface area contributed by atoms with Crippen LogP contribution in [0.3, 0.4) is 0 Å². The number of hydrogen-bond donors (Lipinski definition) is 2. The number of nitrogens with one attached hydrogen (secondary N) is 1. The number of rotatable bonds is 5. The Morgan fingerprint density at radius 1 is 1.28 bits per heavy atom. The summed E-state index contributed by atoms with van der Waals surface area (Å²) in [5, 5.41) is 13.5. The average Bonchev–Trinajstić information content (AvgIpc) is 3.37. The molecule has 2 N–H and O–H groups in total. The van der Waals surface area contributed by atoms with Gasteiger partial charge in [-0.2, -0.15) is 0 Å². The summed E-state index contributed by atoms with van der Waals surface area (Å²) >= 11 is 10.9. The summed E-state index contributed by atoms with van der Waals surface area (Å²) in [6.07, 6.45) is -0.547. The predicted octanol–water partition coefficient (Wildman–Crippen LogP) is 4.43. The number of carbonyl (C=O) groups excluding carboxylic acids is 2. The fraction of sp³-hybridized carbons (Fsp3) is 0.261. The van der Waals surface area contributed by atoms with Crippen molar-refractivity contribution in [3.63, 3.8) is 0 Å². The lowest BCUT2D eigenvalue weighted by Crippen LogP contribution is -2.45. The molecule has 0 bridgehead atoms. The van der Waals surface area contributed by atoms with Gasteiger partial charge in [0.1, 0.15) is 6.04 Å². The molecule has 1 aliphatic heterocycles. The number of amides is 2. The smallest absolute Gasteiger partial charge is 0.255 e. The molecule has 32 heavy (non-hydrogen) atoms. The van der Waals surface area contributed by atoms with E-state index in [0.717, 1.165) is 21.7 Å². The Hall–Kier alpha value is -2.26. The minimum atomic E-state index is -0.747. The minimum absolute atomic E-state index is 0.106. The van der Waals surface area contributed by atoms with Crippen molar-refractivity contribution in [1.29, 1.82) is 0 Å². The van der Waals surface area contributed by atoms with E-state index in [-0.39, 0.29) is 24.8 Å². The number of carbonyl (C=O) groups is 2. The van der Waals surface area contributed by atoms with Crippen molar-refractivity contribution < 1.29 is 14.7 Å². The highest BCUT2D eigenvalue weighted by Gasteiger charge is 2.39. The Morgan fingerprint density at radius 2 is 2.03 bits per heavy atom. The van der Waals surface area contributed by atoms with Crippen LogP contribution in [0.2, 0.25) is 5.02 Å². The van der Waals surface area contributed by atoms with E-state index in [1.54, 1.807) is 29.5 Å². The molecule has 166 valence electrons. The van der Waals surface area contributed by atoms with E-state index in [4.69, 9.17) is 11.6 Å². The van der Waals surface area contributed by atoms with Crippen LogP contribution in [0.5, 0.6) is 0 Å². The van der Waals surface area contributed by atoms with E-state index in [0.29, 0.717) is 21.6 Å². The van der Waals surface area contributed by atoms with E-state index >= 15 is 0 Å². The molecule has 2 heterocycles. The number of halogens is 2. The summed E-state index contributed by atoms with van der Waals surface area (Å²) in [7, 11) is 0. The molecule has 0 radical (unpaired) electrons. The minimum Gasteiger partial charge on any atom is -0.391 e. The first-order chi connectivity index (χ1) is 15.3. The highest BCUT2D eigenvalue weighted by molar-refractivity contribution is 9.10. The molecule has 1 aliphatic rings. The lowest BCUT2D eigenvalue weighted by Gasteiger charge is -2.24. The SMILES string of the molecule is Cc1ncsc1-c1ccc(CNC(=O)[C@@H]2C[C@@H](O)CN2C(=O)c2ccc(Cl)cc2Br)cc1. The van der Waals surface area contributed by atoms with E-state index in [9.17, 15) is 14.7 Å².